The quantitative estimate of drug-likeness (QED) is 0.791. The highest BCUT2D eigenvalue weighted by Gasteiger charge is 2.22. The van der Waals surface area contributed by atoms with Gasteiger partial charge in [0.05, 0.1) is 5.75 Å². The number of rotatable bonds is 5. The Balaban J connectivity index is 2.35. The Kier molecular flexibility index (Phi) is 5.21. The zero-order valence-electron chi connectivity index (χ0n) is 10.6. The molecule has 0 radical (unpaired) electrons. The van der Waals surface area contributed by atoms with Crippen LogP contribution in [0.2, 0.25) is 0 Å². The average Bonchev–Trinajstić information content (AvgIpc) is 2.19. The Hall–Kier alpha value is -0.130. The van der Waals surface area contributed by atoms with Crippen LogP contribution in [-0.2, 0) is 10.0 Å². The van der Waals surface area contributed by atoms with E-state index in [1.54, 1.807) is 0 Å². The summed E-state index contributed by atoms with van der Waals surface area (Å²) in [6.07, 6.45) is 4.26. The van der Waals surface area contributed by atoms with Crippen LogP contribution in [0.5, 0.6) is 0 Å². The Morgan fingerprint density at radius 1 is 1.19 bits per heavy atom. The molecule has 1 aliphatic rings. The second kappa shape index (κ2) is 5.98. The molecule has 0 bridgehead atoms. The van der Waals surface area contributed by atoms with Gasteiger partial charge in [0.1, 0.15) is 0 Å². The molecule has 0 saturated heterocycles. The molecule has 96 valence electrons. The minimum absolute atomic E-state index is 0.170. The first-order valence-corrected chi connectivity index (χ1v) is 7.69. The molecule has 5 heteroatoms. The Labute approximate surface area is 99.5 Å². The third-order valence-electron chi connectivity index (χ3n) is 3.17. The third-order valence-corrected chi connectivity index (χ3v) is 4.58. The first kappa shape index (κ1) is 13.9. The molecular formula is C11H24N2O2S. The van der Waals surface area contributed by atoms with Crippen molar-refractivity contribution in [2.75, 3.05) is 26.4 Å². The Bertz CT molecular complexity index is 293. The molecule has 16 heavy (non-hydrogen) atoms. The van der Waals surface area contributed by atoms with Gasteiger partial charge in [-0.25, -0.2) is 13.1 Å². The van der Waals surface area contributed by atoms with Gasteiger partial charge in [-0.1, -0.05) is 6.92 Å². The highest BCUT2D eigenvalue weighted by atomic mass is 32.2. The molecule has 0 atom stereocenters. The maximum absolute atomic E-state index is 11.7. The third kappa shape index (κ3) is 5.27. The van der Waals surface area contributed by atoms with Crippen molar-refractivity contribution in [1.29, 1.82) is 0 Å². The van der Waals surface area contributed by atoms with Crippen LogP contribution in [0.4, 0.5) is 0 Å². The van der Waals surface area contributed by atoms with Crippen LogP contribution in [-0.4, -0.2) is 45.8 Å². The van der Waals surface area contributed by atoms with Gasteiger partial charge < -0.3 is 4.90 Å². The van der Waals surface area contributed by atoms with E-state index in [9.17, 15) is 8.42 Å². The summed E-state index contributed by atoms with van der Waals surface area (Å²) >= 11 is 0. The molecule has 0 aromatic rings. The lowest BCUT2D eigenvalue weighted by molar-refractivity contribution is 0.331. The molecule has 0 aromatic heterocycles. The van der Waals surface area contributed by atoms with Gasteiger partial charge in [0.25, 0.3) is 0 Å². The molecule has 1 aliphatic carbocycles. The van der Waals surface area contributed by atoms with Gasteiger partial charge >= 0.3 is 0 Å². The topological polar surface area (TPSA) is 49.4 Å². The van der Waals surface area contributed by atoms with Crippen molar-refractivity contribution in [3.05, 3.63) is 0 Å². The van der Waals surface area contributed by atoms with Gasteiger partial charge in [-0.15, -0.1) is 0 Å². The number of nitrogens with one attached hydrogen (secondary N) is 1. The normalized spacial score (nSPS) is 27.2. The summed E-state index contributed by atoms with van der Waals surface area (Å²) in [4.78, 5) is 1.89. The maximum Gasteiger partial charge on any atom is 0.213 e. The smallest absolute Gasteiger partial charge is 0.213 e. The SMILES string of the molecule is CC1CCC(NS(=O)(=O)CCN(C)C)CC1. The predicted octanol–water partition coefficient (Wildman–Crippen LogP) is 1.05. The summed E-state index contributed by atoms with van der Waals surface area (Å²) in [5.74, 6) is 0.953. The first-order valence-electron chi connectivity index (χ1n) is 6.04. The fourth-order valence-electron chi connectivity index (χ4n) is 1.99. The predicted molar refractivity (Wildman–Crippen MR) is 66.9 cm³/mol. The van der Waals surface area contributed by atoms with E-state index in [0.717, 1.165) is 31.6 Å². The van der Waals surface area contributed by atoms with Gasteiger partial charge in [0.2, 0.25) is 10.0 Å². The van der Waals surface area contributed by atoms with E-state index in [1.807, 2.05) is 19.0 Å². The molecule has 0 heterocycles. The van der Waals surface area contributed by atoms with Gasteiger partial charge in [0.15, 0.2) is 0 Å². The van der Waals surface area contributed by atoms with Crippen LogP contribution in [0.15, 0.2) is 0 Å². The summed E-state index contributed by atoms with van der Waals surface area (Å²) in [5.41, 5.74) is 0. The molecule has 1 rings (SSSR count). The summed E-state index contributed by atoms with van der Waals surface area (Å²) in [6.45, 7) is 2.81. The van der Waals surface area contributed by atoms with Gasteiger partial charge in [0, 0.05) is 12.6 Å². The van der Waals surface area contributed by atoms with E-state index in [2.05, 4.69) is 11.6 Å². The monoisotopic (exact) mass is 248 g/mol. The summed E-state index contributed by atoms with van der Waals surface area (Å²) in [5, 5.41) is 0. The second-order valence-electron chi connectivity index (χ2n) is 5.20. The molecular weight excluding hydrogens is 224 g/mol. The van der Waals surface area contributed by atoms with Crippen molar-refractivity contribution in [1.82, 2.24) is 9.62 Å². The van der Waals surface area contributed by atoms with Crippen molar-refractivity contribution in [2.24, 2.45) is 5.92 Å². The average molecular weight is 248 g/mol. The van der Waals surface area contributed by atoms with Crippen LogP contribution in [0.3, 0.4) is 0 Å². The van der Waals surface area contributed by atoms with Crippen LogP contribution < -0.4 is 4.72 Å². The van der Waals surface area contributed by atoms with Gasteiger partial charge in [-0.3, -0.25) is 0 Å². The largest absolute Gasteiger partial charge is 0.308 e. The Morgan fingerprint density at radius 2 is 1.75 bits per heavy atom. The highest BCUT2D eigenvalue weighted by Crippen LogP contribution is 2.23. The standard InChI is InChI=1S/C11H24N2O2S/c1-10-4-6-11(7-5-10)12-16(14,15)9-8-13(2)3/h10-12H,4-9H2,1-3H3. The molecule has 4 nitrogen and oxygen atoms in total. The lowest BCUT2D eigenvalue weighted by atomic mass is 9.88. The summed E-state index contributed by atoms with van der Waals surface area (Å²) in [6, 6.07) is 0.170. The van der Waals surface area contributed by atoms with E-state index < -0.39 is 10.0 Å². The number of hydrogen-bond acceptors (Lipinski definition) is 3. The van der Waals surface area contributed by atoms with Crippen LogP contribution in [0.25, 0.3) is 0 Å². The van der Waals surface area contributed by atoms with Crippen molar-refractivity contribution in [3.8, 4) is 0 Å². The number of hydrogen-bond donors (Lipinski definition) is 1. The fourth-order valence-corrected chi connectivity index (χ4v) is 3.46. The summed E-state index contributed by atoms with van der Waals surface area (Å²) in [7, 11) is 0.688. The lowest BCUT2D eigenvalue weighted by Crippen LogP contribution is -2.40. The molecule has 0 spiro atoms. The van der Waals surface area contributed by atoms with E-state index in [0.29, 0.717) is 6.54 Å². The minimum atomic E-state index is -3.09. The van der Waals surface area contributed by atoms with E-state index >= 15 is 0 Å². The highest BCUT2D eigenvalue weighted by molar-refractivity contribution is 7.89. The number of nitrogens with zero attached hydrogens (tertiary/aromatic N) is 1. The van der Waals surface area contributed by atoms with Crippen LogP contribution >= 0.6 is 0 Å². The van der Waals surface area contributed by atoms with E-state index in [1.165, 1.54) is 0 Å². The van der Waals surface area contributed by atoms with Gasteiger partial charge in [-0.05, 0) is 45.7 Å². The van der Waals surface area contributed by atoms with Crippen molar-refractivity contribution in [3.63, 3.8) is 0 Å². The van der Waals surface area contributed by atoms with Crippen molar-refractivity contribution >= 4 is 10.0 Å². The number of sulfonamides is 1. The molecule has 0 aliphatic heterocycles. The second-order valence-corrected chi connectivity index (χ2v) is 7.07. The summed E-state index contributed by atoms with van der Waals surface area (Å²) < 4.78 is 26.3. The van der Waals surface area contributed by atoms with Crippen LogP contribution in [0.1, 0.15) is 32.6 Å². The molecule has 1 fully saturated rings. The zero-order chi connectivity index (χ0) is 12.2. The maximum atomic E-state index is 11.7. The molecule has 0 unspecified atom stereocenters. The van der Waals surface area contributed by atoms with Crippen LogP contribution in [0, 0.1) is 5.92 Å². The zero-order valence-corrected chi connectivity index (χ0v) is 11.4. The Morgan fingerprint density at radius 3 is 2.25 bits per heavy atom. The van der Waals surface area contributed by atoms with E-state index in [4.69, 9.17) is 0 Å². The fraction of sp³-hybridized carbons (Fsp3) is 1.00. The molecule has 0 amide bonds. The van der Waals surface area contributed by atoms with Crippen molar-refractivity contribution in [2.45, 2.75) is 38.6 Å². The first-order chi connectivity index (χ1) is 7.39. The van der Waals surface area contributed by atoms with Gasteiger partial charge in [-0.2, -0.15) is 0 Å². The van der Waals surface area contributed by atoms with Crippen molar-refractivity contribution < 1.29 is 8.42 Å². The minimum Gasteiger partial charge on any atom is -0.308 e. The lowest BCUT2D eigenvalue weighted by Gasteiger charge is -2.26. The van der Waals surface area contributed by atoms with E-state index in [-0.39, 0.29) is 11.8 Å². The molecule has 1 N–H and O–H groups in total. The molecule has 1 saturated carbocycles. The molecule has 0 aromatic carbocycles.